The molecule has 0 radical (unpaired) electrons. The summed E-state index contributed by atoms with van der Waals surface area (Å²) in [5.41, 5.74) is 10.6. The number of carbonyl (C=O) groups is 5. The lowest BCUT2D eigenvalue weighted by Crippen LogP contribution is -2.64. The van der Waals surface area contributed by atoms with Gasteiger partial charge in [-0.3, -0.25) is 24.2 Å². The standard InChI is InChI=1S/C28H29N3O2.C14H19N3O.C14H12O2.C8H7BrO2.C6H7BO2.CH4/c1-21-18-24(22-8-4-2-5-9-22)12-13-26(21)28(33)31-19-25(20-31)29-14-16-30(17-15-29)27(32)23-10-6-3-7-11-23;18-14(12-4-2-1-3-5-12)17-8-6-16(7-9-17)13-10-15-11-13;1-10-9-12(7-8-13(10)14(15)16)11-5-3-2-4-6-11;1-5-4-6(9)2-3-7(5)8(10)11;8-7(9)6-4-2-1-3-5-6;/h2-13,18,25H,14-17,19-20H2,1H3;1-5,13,15H,6-11H2;2-9H,1H3,(H,15,16);2-4H,1H3,(H,10,11);1-5,8-9H;1H4. The van der Waals surface area contributed by atoms with Crippen molar-refractivity contribution in [1.29, 1.82) is 0 Å². The van der Waals surface area contributed by atoms with E-state index >= 15 is 0 Å². The molecule has 12 rings (SSSR count). The number of rotatable bonds is 10. The lowest BCUT2D eigenvalue weighted by Gasteiger charge is -2.48. The third-order valence-corrected chi connectivity index (χ3v) is 16.3. The summed E-state index contributed by atoms with van der Waals surface area (Å²) in [4.78, 5) is 70.1. The normalized spacial score (nSPS) is 14.8. The van der Waals surface area contributed by atoms with Gasteiger partial charge in [-0.25, -0.2) is 9.59 Å². The van der Waals surface area contributed by atoms with E-state index in [-0.39, 0.29) is 25.1 Å². The molecule has 4 saturated heterocycles. The van der Waals surface area contributed by atoms with E-state index in [2.05, 4.69) is 49.2 Å². The van der Waals surface area contributed by atoms with Gasteiger partial charge in [-0.2, -0.15) is 0 Å². The molecule has 4 aliphatic rings. The molecule has 0 spiro atoms. The van der Waals surface area contributed by atoms with Crippen LogP contribution in [0.25, 0.3) is 22.3 Å². The fourth-order valence-corrected chi connectivity index (χ4v) is 11.1. The van der Waals surface area contributed by atoms with Crippen LogP contribution in [0.5, 0.6) is 0 Å². The van der Waals surface area contributed by atoms with Gasteiger partial charge in [-0.05, 0) is 120 Å². The molecule has 88 heavy (non-hydrogen) atoms. The zero-order valence-electron chi connectivity index (χ0n) is 49.3. The van der Waals surface area contributed by atoms with E-state index in [1.54, 1.807) is 55.5 Å². The van der Waals surface area contributed by atoms with E-state index < -0.39 is 19.1 Å². The second-order valence-electron chi connectivity index (χ2n) is 21.7. The van der Waals surface area contributed by atoms with Crippen LogP contribution in [0.2, 0.25) is 0 Å². The highest BCUT2D eigenvalue weighted by atomic mass is 79.9. The average molecular weight is 1250 g/mol. The van der Waals surface area contributed by atoms with Gasteiger partial charge in [-0.1, -0.05) is 175 Å². The Kier molecular flexibility index (Phi) is 25.1. The largest absolute Gasteiger partial charge is 0.488 e. The number of carboxylic acid groups (broad SMARTS) is 2. The third-order valence-electron chi connectivity index (χ3n) is 15.8. The number of nitrogens with one attached hydrogen (secondary N) is 1. The molecule has 4 aliphatic heterocycles. The van der Waals surface area contributed by atoms with Crippen molar-refractivity contribution >= 4 is 58.2 Å². The molecule has 8 aromatic carbocycles. The molecule has 4 heterocycles. The van der Waals surface area contributed by atoms with E-state index in [1.807, 2.05) is 168 Å². The van der Waals surface area contributed by atoms with Crippen molar-refractivity contribution in [2.45, 2.75) is 40.3 Å². The van der Waals surface area contributed by atoms with E-state index in [4.69, 9.17) is 20.3 Å². The van der Waals surface area contributed by atoms with Gasteiger partial charge >= 0.3 is 19.1 Å². The first kappa shape index (κ1) is 67.0. The highest BCUT2D eigenvalue weighted by Crippen LogP contribution is 2.27. The van der Waals surface area contributed by atoms with Crippen LogP contribution < -0.4 is 10.8 Å². The van der Waals surface area contributed by atoms with Gasteiger partial charge in [0.05, 0.1) is 11.1 Å². The maximum absolute atomic E-state index is 13.1. The monoisotopic (exact) mass is 1250 g/mol. The molecule has 0 bridgehead atoms. The fourth-order valence-electron chi connectivity index (χ4n) is 10.6. The second-order valence-corrected chi connectivity index (χ2v) is 22.6. The Balaban J connectivity index is 0.000000171. The van der Waals surface area contributed by atoms with Gasteiger partial charge in [0.25, 0.3) is 17.7 Å². The Bertz CT molecular complexity index is 3550. The molecular formula is C71H78BBrN6O9. The van der Waals surface area contributed by atoms with Gasteiger partial charge in [0.15, 0.2) is 0 Å². The molecule has 3 amide bonds. The number of likely N-dealkylation sites (tertiary alicyclic amines) is 1. The highest BCUT2D eigenvalue weighted by molar-refractivity contribution is 9.10. The molecule has 0 saturated carbocycles. The Labute approximate surface area is 525 Å². The Morgan fingerprint density at radius 1 is 0.420 bits per heavy atom. The van der Waals surface area contributed by atoms with Gasteiger partial charge in [-0.15, -0.1) is 0 Å². The number of hydrogen-bond donors (Lipinski definition) is 5. The number of aryl methyl sites for hydroxylation is 3. The number of hydrogen-bond acceptors (Lipinski definition) is 10. The summed E-state index contributed by atoms with van der Waals surface area (Å²) in [6, 6.07) is 65.5. The number of carboxylic acids is 2. The summed E-state index contributed by atoms with van der Waals surface area (Å²) < 4.78 is 0.903. The van der Waals surface area contributed by atoms with Crippen molar-refractivity contribution < 1.29 is 44.2 Å². The minimum atomic E-state index is -1.34. The van der Waals surface area contributed by atoms with Crippen LogP contribution in [-0.4, -0.2) is 172 Å². The van der Waals surface area contributed by atoms with Crippen molar-refractivity contribution in [2.75, 3.05) is 78.5 Å². The van der Waals surface area contributed by atoms with Crippen molar-refractivity contribution in [3.63, 3.8) is 0 Å². The summed E-state index contributed by atoms with van der Waals surface area (Å²) in [5.74, 6) is -1.37. The summed E-state index contributed by atoms with van der Waals surface area (Å²) >= 11 is 3.25. The second kappa shape index (κ2) is 33.0. The first-order valence-corrected chi connectivity index (χ1v) is 30.0. The van der Waals surface area contributed by atoms with Gasteiger partial charge in [0.1, 0.15) is 0 Å². The van der Waals surface area contributed by atoms with E-state index in [0.29, 0.717) is 28.7 Å². The van der Waals surface area contributed by atoms with Crippen LogP contribution in [0.3, 0.4) is 0 Å². The maximum atomic E-state index is 13.1. The molecule has 8 aromatic rings. The number of benzene rings is 8. The average Bonchev–Trinajstić information content (AvgIpc) is 3.17. The van der Waals surface area contributed by atoms with Gasteiger partial charge in [0.2, 0.25) is 0 Å². The van der Waals surface area contributed by atoms with Gasteiger partial charge in [0, 0.05) is 112 Å². The predicted molar refractivity (Wildman–Crippen MR) is 353 cm³/mol. The summed E-state index contributed by atoms with van der Waals surface area (Å²) in [5, 5.41) is 38.0. The number of piperazine rings is 2. The Hall–Kier alpha value is -8.55. The molecule has 0 unspecified atom stereocenters. The Morgan fingerprint density at radius 3 is 1.14 bits per heavy atom. The zero-order chi connectivity index (χ0) is 61.8. The molecule has 0 aromatic heterocycles. The Morgan fingerprint density at radius 2 is 0.784 bits per heavy atom. The lowest BCUT2D eigenvalue weighted by molar-refractivity contribution is 0.00847. The molecule has 5 N–H and O–H groups in total. The number of halogens is 1. The molecule has 17 heteroatoms. The highest BCUT2D eigenvalue weighted by Gasteiger charge is 2.37. The lowest BCUT2D eigenvalue weighted by atomic mass is 9.81. The van der Waals surface area contributed by atoms with Crippen LogP contribution in [0.15, 0.2) is 211 Å². The smallest absolute Gasteiger partial charge is 0.478 e. The number of carbonyl (C=O) groups excluding carboxylic acids is 3. The van der Waals surface area contributed by atoms with Crippen LogP contribution in [0.4, 0.5) is 0 Å². The van der Waals surface area contributed by atoms with Crippen LogP contribution in [0.1, 0.15) is 75.9 Å². The maximum Gasteiger partial charge on any atom is 0.488 e. The van der Waals surface area contributed by atoms with Crippen LogP contribution in [-0.2, 0) is 0 Å². The van der Waals surface area contributed by atoms with Crippen LogP contribution >= 0.6 is 15.9 Å². The zero-order valence-corrected chi connectivity index (χ0v) is 50.9. The molecular weight excluding hydrogens is 1170 g/mol. The number of nitrogens with zero attached hydrogens (tertiary/aromatic N) is 5. The SMILES string of the molecule is C.Cc1cc(-c2ccccc2)ccc1C(=O)N1CC(N2CCN(C(=O)c3ccccc3)CC2)C1.Cc1cc(-c2ccccc2)ccc1C(=O)O.Cc1cc(Br)ccc1C(=O)O.O=C(c1ccccc1)N1CCN(C2CNC2)CC1.OB(O)c1ccccc1. The first-order valence-electron chi connectivity index (χ1n) is 29.2. The molecule has 0 atom stereocenters. The molecule has 15 nitrogen and oxygen atoms in total. The fraction of sp³-hybridized carbons (Fsp3) is 0.254. The third kappa shape index (κ3) is 18.5. The van der Waals surface area contributed by atoms with Crippen molar-refractivity contribution in [1.82, 2.24) is 29.8 Å². The molecule has 456 valence electrons. The van der Waals surface area contributed by atoms with Crippen molar-refractivity contribution in [2.24, 2.45) is 0 Å². The van der Waals surface area contributed by atoms with Crippen LogP contribution in [0, 0.1) is 20.8 Å². The van der Waals surface area contributed by atoms with E-state index in [1.165, 1.54) is 0 Å². The minimum Gasteiger partial charge on any atom is -0.478 e. The van der Waals surface area contributed by atoms with E-state index in [9.17, 15) is 24.0 Å². The number of amides is 3. The quantitative estimate of drug-likeness (QED) is 0.0815. The van der Waals surface area contributed by atoms with E-state index in [0.717, 1.165) is 139 Å². The van der Waals surface area contributed by atoms with Gasteiger partial charge < -0.3 is 40.3 Å². The predicted octanol–water partition coefficient (Wildman–Crippen LogP) is 10.2. The summed E-state index contributed by atoms with van der Waals surface area (Å²) in [7, 11) is -1.34. The van der Waals surface area contributed by atoms with Crippen molar-refractivity contribution in [3.05, 3.63) is 255 Å². The topological polar surface area (TPSA) is 195 Å². The first-order chi connectivity index (χ1) is 42.0. The summed E-state index contributed by atoms with van der Waals surface area (Å²) in [6.07, 6.45) is 0. The minimum absolute atomic E-state index is 0. The molecule has 0 aliphatic carbocycles. The van der Waals surface area contributed by atoms with Crippen molar-refractivity contribution in [3.8, 4) is 22.3 Å². The number of aromatic carboxylic acids is 2. The summed E-state index contributed by atoms with van der Waals surface area (Å²) in [6.45, 7) is 16.2. The molecule has 4 fully saturated rings.